The van der Waals surface area contributed by atoms with Crippen molar-refractivity contribution in [3.8, 4) is 0 Å². The highest BCUT2D eigenvalue weighted by Gasteiger charge is 2.17. The first-order valence-electron chi connectivity index (χ1n) is 7.00. The van der Waals surface area contributed by atoms with Crippen LogP contribution in [0.25, 0.3) is 0 Å². The summed E-state index contributed by atoms with van der Waals surface area (Å²) in [6.45, 7) is 4.15. The average Bonchev–Trinajstić information content (AvgIpc) is 2.95. The number of hydrogen-bond acceptors (Lipinski definition) is 3. The molecule has 2 aromatic rings. The minimum atomic E-state index is -0.527. The molecule has 1 heterocycles. The molecule has 2 rings (SSSR count). The molecule has 6 heteroatoms. The predicted octanol–water partition coefficient (Wildman–Crippen LogP) is 2.88. The van der Waals surface area contributed by atoms with Crippen LogP contribution >= 0.6 is 0 Å². The van der Waals surface area contributed by atoms with Crippen LogP contribution in [0.1, 0.15) is 43.6 Å². The van der Waals surface area contributed by atoms with Crippen molar-refractivity contribution in [2.75, 3.05) is 0 Å². The second-order valence-electron chi connectivity index (χ2n) is 5.13. The monoisotopic (exact) mass is 294 g/mol. The highest BCUT2D eigenvalue weighted by molar-refractivity contribution is 5.23. The zero-order valence-electron chi connectivity index (χ0n) is 12.2. The molecule has 4 nitrogen and oxygen atoms in total. The second kappa shape index (κ2) is 6.78. The summed E-state index contributed by atoms with van der Waals surface area (Å²) in [5, 5.41) is 4.45. The zero-order valence-corrected chi connectivity index (χ0v) is 12.2. The number of hydrogen-bond donors (Lipinski definition) is 2. The first-order chi connectivity index (χ1) is 10.0. The molecule has 1 aromatic heterocycles. The summed E-state index contributed by atoms with van der Waals surface area (Å²) in [7, 11) is 0. The van der Waals surface area contributed by atoms with Crippen molar-refractivity contribution in [1.82, 2.24) is 15.2 Å². The van der Waals surface area contributed by atoms with Crippen LogP contribution in [-0.2, 0) is 6.42 Å². The Labute approximate surface area is 122 Å². The Kier molecular flexibility index (Phi) is 5.03. The quantitative estimate of drug-likeness (QED) is 0.636. The molecule has 1 aromatic carbocycles. The summed E-state index contributed by atoms with van der Waals surface area (Å²) in [4.78, 5) is 0. The standard InChI is InChI=1S/C15H20F2N4/c1-3-10(2)21-7-6-12(20-21)9-15(19-18)13-8-11(16)4-5-14(13)17/h4-8,10,15,19H,3,9,18H2,1-2H3. The Balaban J connectivity index is 2.19. The van der Waals surface area contributed by atoms with Gasteiger partial charge in [0.1, 0.15) is 11.6 Å². The van der Waals surface area contributed by atoms with Crippen LogP contribution in [0, 0.1) is 11.6 Å². The molecule has 0 aliphatic carbocycles. The molecule has 0 saturated carbocycles. The fraction of sp³-hybridized carbons (Fsp3) is 0.400. The minimum Gasteiger partial charge on any atom is -0.271 e. The van der Waals surface area contributed by atoms with Crippen LogP contribution in [0.5, 0.6) is 0 Å². The average molecular weight is 294 g/mol. The third-order valence-electron chi connectivity index (χ3n) is 3.65. The van der Waals surface area contributed by atoms with Crippen molar-refractivity contribution in [2.45, 2.75) is 38.8 Å². The molecule has 0 radical (unpaired) electrons. The van der Waals surface area contributed by atoms with Crippen molar-refractivity contribution in [3.05, 3.63) is 53.4 Å². The van der Waals surface area contributed by atoms with E-state index in [4.69, 9.17) is 5.84 Å². The van der Waals surface area contributed by atoms with Gasteiger partial charge in [-0.15, -0.1) is 0 Å². The number of nitrogens with zero attached hydrogens (tertiary/aromatic N) is 2. The summed E-state index contributed by atoms with van der Waals surface area (Å²) >= 11 is 0. The fourth-order valence-corrected chi connectivity index (χ4v) is 2.17. The maximum atomic E-state index is 13.8. The summed E-state index contributed by atoms with van der Waals surface area (Å²) < 4.78 is 29.0. The molecule has 0 amide bonds. The van der Waals surface area contributed by atoms with Crippen LogP contribution in [0.4, 0.5) is 8.78 Å². The van der Waals surface area contributed by atoms with Crippen LogP contribution < -0.4 is 11.3 Å². The number of nitrogens with one attached hydrogen (secondary N) is 1. The third kappa shape index (κ3) is 3.65. The number of benzene rings is 1. The van der Waals surface area contributed by atoms with Gasteiger partial charge in [0, 0.05) is 24.2 Å². The van der Waals surface area contributed by atoms with Gasteiger partial charge in [0.2, 0.25) is 0 Å². The Morgan fingerprint density at radius 2 is 2.10 bits per heavy atom. The van der Waals surface area contributed by atoms with Crippen molar-refractivity contribution < 1.29 is 8.78 Å². The molecule has 0 aliphatic heterocycles. The lowest BCUT2D eigenvalue weighted by atomic mass is 10.0. The SMILES string of the molecule is CCC(C)n1ccc(CC(NN)c2cc(F)ccc2F)n1. The van der Waals surface area contributed by atoms with Crippen LogP contribution in [-0.4, -0.2) is 9.78 Å². The van der Waals surface area contributed by atoms with Gasteiger partial charge >= 0.3 is 0 Å². The number of hydrazine groups is 1. The van der Waals surface area contributed by atoms with Crippen LogP contribution in [0.3, 0.4) is 0 Å². The summed E-state index contributed by atoms with van der Waals surface area (Å²) in [5.41, 5.74) is 3.52. The Bertz CT molecular complexity index is 597. The first kappa shape index (κ1) is 15.6. The molecule has 2 unspecified atom stereocenters. The molecular weight excluding hydrogens is 274 g/mol. The van der Waals surface area contributed by atoms with Gasteiger partial charge in [-0.25, -0.2) is 8.78 Å². The van der Waals surface area contributed by atoms with Crippen LogP contribution in [0.2, 0.25) is 0 Å². The van der Waals surface area contributed by atoms with E-state index >= 15 is 0 Å². The third-order valence-corrected chi connectivity index (χ3v) is 3.65. The van der Waals surface area contributed by atoms with Crippen molar-refractivity contribution in [2.24, 2.45) is 5.84 Å². The molecule has 0 aliphatic rings. The van der Waals surface area contributed by atoms with E-state index in [1.807, 2.05) is 16.9 Å². The molecule has 0 saturated heterocycles. The number of rotatable bonds is 6. The van der Waals surface area contributed by atoms with E-state index in [0.29, 0.717) is 12.5 Å². The van der Waals surface area contributed by atoms with E-state index in [1.165, 1.54) is 0 Å². The Hall–Kier alpha value is -1.79. The summed E-state index contributed by atoms with van der Waals surface area (Å²) in [5.74, 6) is 4.52. The normalized spacial score (nSPS) is 14.1. The summed E-state index contributed by atoms with van der Waals surface area (Å²) in [6, 6.07) is 4.99. The summed E-state index contributed by atoms with van der Waals surface area (Å²) in [6.07, 6.45) is 3.25. The fourth-order valence-electron chi connectivity index (χ4n) is 2.17. The molecule has 114 valence electrons. The molecule has 0 bridgehead atoms. The Morgan fingerprint density at radius 3 is 2.76 bits per heavy atom. The van der Waals surface area contributed by atoms with Crippen LogP contribution in [0.15, 0.2) is 30.5 Å². The number of halogens is 2. The number of nitrogens with two attached hydrogens (primary N) is 1. The molecule has 3 N–H and O–H groups in total. The van der Waals surface area contributed by atoms with E-state index < -0.39 is 17.7 Å². The second-order valence-corrected chi connectivity index (χ2v) is 5.13. The van der Waals surface area contributed by atoms with Crippen molar-refractivity contribution in [1.29, 1.82) is 0 Å². The highest BCUT2D eigenvalue weighted by atomic mass is 19.1. The predicted molar refractivity (Wildman–Crippen MR) is 77.4 cm³/mol. The van der Waals surface area contributed by atoms with Gasteiger partial charge in [-0.1, -0.05) is 6.92 Å². The maximum absolute atomic E-state index is 13.8. The van der Waals surface area contributed by atoms with Gasteiger partial charge in [-0.3, -0.25) is 16.0 Å². The van der Waals surface area contributed by atoms with E-state index in [0.717, 1.165) is 30.3 Å². The zero-order chi connectivity index (χ0) is 15.4. The maximum Gasteiger partial charge on any atom is 0.128 e. The van der Waals surface area contributed by atoms with Crippen molar-refractivity contribution in [3.63, 3.8) is 0 Å². The highest BCUT2D eigenvalue weighted by Crippen LogP contribution is 2.21. The first-order valence-corrected chi connectivity index (χ1v) is 7.00. The van der Waals surface area contributed by atoms with E-state index in [-0.39, 0.29) is 5.56 Å². The topological polar surface area (TPSA) is 55.9 Å². The van der Waals surface area contributed by atoms with E-state index in [1.54, 1.807) is 0 Å². The van der Waals surface area contributed by atoms with E-state index in [2.05, 4.69) is 24.4 Å². The largest absolute Gasteiger partial charge is 0.271 e. The lowest BCUT2D eigenvalue weighted by Crippen LogP contribution is -2.30. The van der Waals surface area contributed by atoms with Gasteiger partial charge in [-0.2, -0.15) is 5.10 Å². The van der Waals surface area contributed by atoms with Gasteiger partial charge in [0.15, 0.2) is 0 Å². The smallest absolute Gasteiger partial charge is 0.128 e. The molecule has 0 fully saturated rings. The van der Waals surface area contributed by atoms with Gasteiger partial charge in [-0.05, 0) is 37.6 Å². The lowest BCUT2D eigenvalue weighted by Gasteiger charge is -2.16. The van der Waals surface area contributed by atoms with Gasteiger partial charge in [0.25, 0.3) is 0 Å². The van der Waals surface area contributed by atoms with E-state index in [9.17, 15) is 8.78 Å². The minimum absolute atomic E-state index is 0.204. The molecule has 21 heavy (non-hydrogen) atoms. The molecular formula is C15H20F2N4. The molecule has 2 atom stereocenters. The Morgan fingerprint density at radius 1 is 1.33 bits per heavy atom. The van der Waals surface area contributed by atoms with Gasteiger partial charge in [0.05, 0.1) is 11.7 Å². The number of aromatic nitrogens is 2. The molecule has 0 spiro atoms. The lowest BCUT2D eigenvalue weighted by molar-refractivity contribution is 0.462. The van der Waals surface area contributed by atoms with Gasteiger partial charge < -0.3 is 0 Å². The van der Waals surface area contributed by atoms with Crippen molar-refractivity contribution >= 4 is 0 Å².